The summed E-state index contributed by atoms with van der Waals surface area (Å²) in [5.74, 6) is 0. The minimum atomic E-state index is 0.662. The van der Waals surface area contributed by atoms with Gasteiger partial charge in [0.15, 0.2) is 4.77 Å². The van der Waals surface area contributed by atoms with Crippen molar-refractivity contribution in [2.45, 2.75) is 19.9 Å². The lowest BCUT2D eigenvalue weighted by atomic mass is 10.2. The van der Waals surface area contributed by atoms with Crippen LogP contribution in [0.5, 0.6) is 0 Å². The van der Waals surface area contributed by atoms with Gasteiger partial charge in [-0.25, -0.2) is 0 Å². The molecular formula is C13H14N4S. The van der Waals surface area contributed by atoms with Crippen LogP contribution < -0.4 is 0 Å². The van der Waals surface area contributed by atoms with Crippen molar-refractivity contribution in [1.29, 1.82) is 0 Å². The third-order valence-corrected chi connectivity index (χ3v) is 3.30. The largest absolute Gasteiger partial charge is 0.340 e. The number of fused-ring (bicyclic) bond motifs is 1. The smallest absolute Gasteiger partial charge is 0.174 e. The van der Waals surface area contributed by atoms with Crippen LogP contribution in [0.4, 0.5) is 0 Å². The molecule has 3 heterocycles. The van der Waals surface area contributed by atoms with Crippen LogP contribution in [0, 0.1) is 4.77 Å². The number of pyridine rings is 1. The van der Waals surface area contributed by atoms with Crippen LogP contribution in [0.25, 0.3) is 10.9 Å². The first kappa shape index (κ1) is 11.2. The van der Waals surface area contributed by atoms with Gasteiger partial charge in [0.2, 0.25) is 0 Å². The minimum absolute atomic E-state index is 0.662. The molecule has 0 aliphatic carbocycles. The van der Waals surface area contributed by atoms with Gasteiger partial charge in [0.1, 0.15) is 0 Å². The average Bonchev–Trinajstić information content (AvgIpc) is 2.97. The van der Waals surface area contributed by atoms with E-state index in [0.29, 0.717) is 4.77 Å². The molecule has 0 atom stereocenters. The zero-order chi connectivity index (χ0) is 12.5. The fraction of sp³-hybridized carbons (Fsp3) is 0.231. The Labute approximate surface area is 110 Å². The van der Waals surface area contributed by atoms with E-state index in [9.17, 15) is 0 Å². The molecule has 0 saturated carbocycles. The van der Waals surface area contributed by atoms with Crippen LogP contribution in [0.1, 0.15) is 18.3 Å². The van der Waals surface area contributed by atoms with Crippen LogP contribution in [-0.2, 0) is 13.0 Å². The van der Waals surface area contributed by atoms with Gasteiger partial charge in [-0.2, -0.15) is 0 Å². The summed E-state index contributed by atoms with van der Waals surface area (Å²) in [6.45, 7) is 2.90. The summed E-state index contributed by atoms with van der Waals surface area (Å²) >= 11 is 5.04. The molecule has 0 bridgehead atoms. The van der Waals surface area contributed by atoms with Crippen molar-refractivity contribution in [2.75, 3.05) is 0 Å². The predicted molar refractivity (Wildman–Crippen MR) is 74.2 cm³/mol. The third-order valence-electron chi connectivity index (χ3n) is 3.08. The molecule has 0 amide bonds. The fourth-order valence-electron chi connectivity index (χ4n) is 2.25. The topological polar surface area (TPSA) is 49.4 Å². The van der Waals surface area contributed by atoms with Crippen molar-refractivity contribution >= 4 is 23.1 Å². The van der Waals surface area contributed by atoms with E-state index in [-0.39, 0.29) is 0 Å². The quantitative estimate of drug-likeness (QED) is 0.709. The lowest BCUT2D eigenvalue weighted by Crippen LogP contribution is -2.01. The highest BCUT2D eigenvalue weighted by atomic mass is 32.1. The van der Waals surface area contributed by atoms with Crippen LogP contribution in [-0.4, -0.2) is 19.5 Å². The van der Waals surface area contributed by atoms with E-state index in [2.05, 4.69) is 38.7 Å². The number of nitrogens with zero attached hydrogens (tertiary/aromatic N) is 2. The molecular weight excluding hydrogens is 244 g/mol. The van der Waals surface area contributed by atoms with Gasteiger partial charge >= 0.3 is 0 Å². The lowest BCUT2D eigenvalue weighted by Gasteiger charge is -2.06. The van der Waals surface area contributed by atoms with E-state index in [1.165, 1.54) is 10.9 Å². The Balaban J connectivity index is 2.09. The van der Waals surface area contributed by atoms with E-state index in [1.54, 1.807) is 0 Å². The second kappa shape index (κ2) is 4.42. The van der Waals surface area contributed by atoms with Crippen LogP contribution >= 0.6 is 12.2 Å². The summed E-state index contributed by atoms with van der Waals surface area (Å²) in [5, 5.41) is 1.23. The Morgan fingerprint density at radius 3 is 3.00 bits per heavy atom. The van der Waals surface area contributed by atoms with Gasteiger partial charge < -0.3 is 14.5 Å². The maximum Gasteiger partial charge on any atom is 0.174 e. The van der Waals surface area contributed by atoms with E-state index in [0.717, 1.165) is 24.4 Å². The van der Waals surface area contributed by atoms with Crippen LogP contribution in [0.2, 0.25) is 0 Å². The van der Waals surface area contributed by atoms with E-state index in [4.69, 9.17) is 12.2 Å². The summed E-state index contributed by atoms with van der Waals surface area (Å²) in [4.78, 5) is 10.6. The lowest BCUT2D eigenvalue weighted by molar-refractivity contribution is 0.804. The minimum Gasteiger partial charge on any atom is -0.340 e. The summed E-state index contributed by atoms with van der Waals surface area (Å²) < 4.78 is 2.87. The molecule has 0 aliphatic rings. The molecule has 0 unspecified atom stereocenters. The van der Waals surface area contributed by atoms with Gasteiger partial charge in [-0.3, -0.25) is 4.98 Å². The number of aromatic amines is 2. The molecule has 0 spiro atoms. The number of aryl methyl sites for hydroxylation is 1. The Morgan fingerprint density at radius 1 is 1.39 bits per heavy atom. The third kappa shape index (κ3) is 1.86. The standard InChI is InChI=1S/C13H14N4S/c1-2-11-12-9(3-5-14-11)4-6-17(12)8-10-7-15-13(18)16-10/h3-7H,2,8H2,1H3,(H2,15,16,18). The molecule has 18 heavy (non-hydrogen) atoms. The number of aromatic nitrogens is 4. The molecule has 4 nitrogen and oxygen atoms in total. The SMILES string of the molecule is CCc1nccc2ccn(Cc3c[nH]c(=S)[nH]3)c12. The van der Waals surface area contributed by atoms with E-state index >= 15 is 0 Å². The Kier molecular flexibility index (Phi) is 2.76. The Morgan fingerprint density at radius 2 is 2.28 bits per heavy atom. The van der Waals surface area contributed by atoms with Gasteiger partial charge in [-0.1, -0.05) is 6.92 Å². The number of hydrogen-bond acceptors (Lipinski definition) is 2. The second-order valence-electron chi connectivity index (χ2n) is 4.26. The number of imidazole rings is 1. The van der Waals surface area contributed by atoms with Crippen LogP contribution in [0.15, 0.2) is 30.7 Å². The molecule has 3 aromatic heterocycles. The van der Waals surface area contributed by atoms with Gasteiger partial charge in [-0.15, -0.1) is 0 Å². The van der Waals surface area contributed by atoms with Crippen molar-refractivity contribution in [2.24, 2.45) is 0 Å². The molecule has 0 saturated heterocycles. The van der Waals surface area contributed by atoms with Crippen molar-refractivity contribution < 1.29 is 0 Å². The molecule has 0 aromatic carbocycles. The molecule has 3 rings (SSSR count). The molecule has 0 fully saturated rings. The number of H-pyrrole nitrogens is 2. The first-order chi connectivity index (χ1) is 8.78. The zero-order valence-electron chi connectivity index (χ0n) is 10.1. The molecule has 3 aromatic rings. The van der Waals surface area contributed by atoms with Gasteiger partial charge in [0.05, 0.1) is 23.4 Å². The normalized spacial score (nSPS) is 11.2. The summed E-state index contributed by atoms with van der Waals surface area (Å²) in [5.41, 5.74) is 3.41. The number of hydrogen-bond donors (Lipinski definition) is 2. The van der Waals surface area contributed by atoms with Crippen molar-refractivity contribution in [3.8, 4) is 0 Å². The fourth-order valence-corrected chi connectivity index (χ4v) is 2.44. The first-order valence-corrected chi connectivity index (χ1v) is 6.38. The Bertz CT molecular complexity index is 735. The maximum atomic E-state index is 5.04. The molecule has 5 heteroatoms. The van der Waals surface area contributed by atoms with Crippen molar-refractivity contribution in [3.05, 3.63) is 46.9 Å². The highest BCUT2D eigenvalue weighted by Gasteiger charge is 2.07. The summed E-state index contributed by atoms with van der Waals surface area (Å²) in [6, 6.07) is 4.17. The molecule has 92 valence electrons. The van der Waals surface area contributed by atoms with Crippen LogP contribution in [0.3, 0.4) is 0 Å². The summed E-state index contributed by atoms with van der Waals surface area (Å²) in [7, 11) is 0. The Hall–Kier alpha value is -1.88. The average molecular weight is 258 g/mol. The van der Waals surface area contributed by atoms with Crippen molar-refractivity contribution in [1.82, 2.24) is 19.5 Å². The van der Waals surface area contributed by atoms with Gasteiger partial charge in [0.25, 0.3) is 0 Å². The second-order valence-corrected chi connectivity index (χ2v) is 4.67. The number of rotatable bonds is 3. The highest BCUT2D eigenvalue weighted by molar-refractivity contribution is 7.71. The molecule has 0 aliphatic heterocycles. The zero-order valence-corrected chi connectivity index (χ0v) is 10.9. The highest BCUT2D eigenvalue weighted by Crippen LogP contribution is 2.19. The number of nitrogens with one attached hydrogen (secondary N) is 2. The van der Waals surface area contributed by atoms with Gasteiger partial charge in [0, 0.05) is 24.0 Å². The summed E-state index contributed by atoms with van der Waals surface area (Å²) in [6.07, 6.45) is 6.81. The first-order valence-electron chi connectivity index (χ1n) is 5.97. The van der Waals surface area contributed by atoms with Gasteiger partial charge in [-0.05, 0) is 30.8 Å². The predicted octanol–water partition coefficient (Wildman–Crippen LogP) is 3.03. The molecule has 0 radical (unpaired) electrons. The van der Waals surface area contributed by atoms with E-state index in [1.807, 2.05) is 18.5 Å². The van der Waals surface area contributed by atoms with Crippen molar-refractivity contribution in [3.63, 3.8) is 0 Å². The molecule has 2 N–H and O–H groups in total. The maximum absolute atomic E-state index is 5.04. The monoisotopic (exact) mass is 258 g/mol. The van der Waals surface area contributed by atoms with E-state index < -0.39 is 0 Å².